The zero-order valence-corrected chi connectivity index (χ0v) is 25.3. The fourth-order valence-electron chi connectivity index (χ4n) is 9.02. The molecule has 1 aromatic heterocycles. The highest BCUT2D eigenvalue weighted by Crippen LogP contribution is 2.69. The summed E-state index contributed by atoms with van der Waals surface area (Å²) < 4.78 is 27.2. The van der Waals surface area contributed by atoms with Crippen LogP contribution in [0.5, 0.6) is 0 Å². The van der Waals surface area contributed by atoms with Gasteiger partial charge in [0.15, 0.2) is 17.5 Å². The minimum atomic E-state index is -2.30. The van der Waals surface area contributed by atoms with E-state index in [0.717, 1.165) is 21.0 Å². The molecule has 3 aliphatic carbocycles. The maximum absolute atomic E-state index is 14.6. The standard InChI is InChI=1S/C31H38O12/c1-14(32)41-21(25(36)39-7)22-28(3,4)27(42-15(2)33)31(38)12-17-18(30(22,6)26(31)37)8-10-29(5)19(17)20(34)24(35)43-23(29)16-9-11-40-13-16/h9,11,13,18,20-23,27,34,38H,8,10,12H2,1-7H3. The van der Waals surface area contributed by atoms with Crippen molar-refractivity contribution in [3.05, 3.63) is 35.3 Å². The zero-order chi connectivity index (χ0) is 31.9. The van der Waals surface area contributed by atoms with Crippen molar-refractivity contribution in [2.45, 2.75) is 90.8 Å². The number of methoxy groups -OCH3 is 1. The Hall–Kier alpha value is -3.51. The number of aliphatic hydroxyl groups excluding tert-OH is 1. The van der Waals surface area contributed by atoms with Crippen LogP contribution in [0.1, 0.15) is 72.5 Å². The van der Waals surface area contributed by atoms with Crippen LogP contribution in [0.15, 0.2) is 34.2 Å². The van der Waals surface area contributed by atoms with E-state index in [4.69, 9.17) is 23.4 Å². The first kappa shape index (κ1) is 30.9. The molecule has 2 bridgehead atoms. The van der Waals surface area contributed by atoms with Crippen molar-refractivity contribution in [2.75, 3.05) is 7.11 Å². The highest BCUT2D eigenvalue weighted by atomic mass is 16.6. The van der Waals surface area contributed by atoms with E-state index in [1.54, 1.807) is 26.8 Å². The van der Waals surface area contributed by atoms with Crippen molar-refractivity contribution in [2.24, 2.45) is 28.1 Å². The van der Waals surface area contributed by atoms with Crippen molar-refractivity contribution in [3.63, 3.8) is 0 Å². The van der Waals surface area contributed by atoms with E-state index >= 15 is 0 Å². The molecule has 0 amide bonds. The van der Waals surface area contributed by atoms with Crippen LogP contribution in [-0.4, -0.2) is 70.9 Å². The molecule has 0 radical (unpaired) electrons. The Morgan fingerprint density at radius 1 is 1.09 bits per heavy atom. The lowest BCUT2D eigenvalue weighted by Gasteiger charge is -2.66. The molecule has 0 aromatic carbocycles. The molecule has 2 saturated carbocycles. The molecule has 2 heterocycles. The number of carbonyl (C=O) groups excluding carboxylic acids is 5. The number of fused-ring (bicyclic) bond motifs is 5. The lowest BCUT2D eigenvalue weighted by molar-refractivity contribution is -0.248. The summed E-state index contributed by atoms with van der Waals surface area (Å²) in [7, 11) is 1.12. The highest BCUT2D eigenvalue weighted by Gasteiger charge is 2.76. The van der Waals surface area contributed by atoms with Gasteiger partial charge in [0.25, 0.3) is 0 Å². The molecule has 9 atom stereocenters. The van der Waals surface area contributed by atoms with Crippen LogP contribution >= 0.6 is 0 Å². The number of hydrogen-bond donors (Lipinski definition) is 2. The minimum absolute atomic E-state index is 0.311. The van der Waals surface area contributed by atoms with Gasteiger partial charge in [-0.15, -0.1) is 0 Å². The van der Waals surface area contributed by atoms with Crippen molar-refractivity contribution >= 4 is 29.7 Å². The van der Waals surface area contributed by atoms with Gasteiger partial charge in [-0.1, -0.05) is 33.3 Å². The van der Waals surface area contributed by atoms with E-state index in [1.165, 1.54) is 12.5 Å². The normalized spacial score (nSPS) is 38.7. The number of carbonyl (C=O) groups is 5. The summed E-state index contributed by atoms with van der Waals surface area (Å²) in [5.74, 6) is -5.93. The molecular formula is C31H38O12. The SMILES string of the molecule is COC(=O)C(OC(C)=O)C1C(C)(C)C(OC(C)=O)C2(O)CC3=C4C(O)C(=O)OC(c5ccoc5)C4(C)CCC3C1(C)C2=O. The average molecular weight is 603 g/mol. The maximum atomic E-state index is 14.6. The smallest absolute Gasteiger partial charge is 0.347 e. The second kappa shape index (κ2) is 10.0. The van der Waals surface area contributed by atoms with E-state index in [-0.39, 0.29) is 6.42 Å². The number of Topliss-reactive ketones (excluding diaryl/α,β-unsaturated/α-hetero) is 1. The van der Waals surface area contributed by atoms with Crippen molar-refractivity contribution in [3.8, 4) is 0 Å². The second-order valence-electron chi connectivity index (χ2n) is 13.3. The van der Waals surface area contributed by atoms with Crippen LogP contribution in [-0.2, 0) is 42.9 Å². The third-order valence-corrected chi connectivity index (χ3v) is 10.4. The first-order valence-corrected chi connectivity index (χ1v) is 14.3. The summed E-state index contributed by atoms with van der Waals surface area (Å²) in [6, 6.07) is 1.67. The summed E-state index contributed by atoms with van der Waals surface area (Å²) in [6.45, 7) is 9.00. The van der Waals surface area contributed by atoms with Crippen LogP contribution in [0.25, 0.3) is 0 Å². The van der Waals surface area contributed by atoms with Gasteiger partial charge in [-0.2, -0.15) is 0 Å². The van der Waals surface area contributed by atoms with Crippen LogP contribution in [0.3, 0.4) is 0 Å². The molecule has 5 rings (SSSR count). The Kier molecular flexibility index (Phi) is 7.21. The van der Waals surface area contributed by atoms with Gasteiger partial charge in [-0.25, -0.2) is 9.59 Å². The zero-order valence-electron chi connectivity index (χ0n) is 25.3. The lowest BCUT2D eigenvalue weighted by Crippen LogP contribution is -2.77. The molecule has 3 fully saturated rings. The Morgan fingerprint density at radius 3 is 2.33 bits per heavy atom. The monoisotopic (exact) mass is 602 g/mol. The van der Waals surface area contributed by atoms with Gasteiger partial charge in [0.2, 0.25) is 6.10 Å². The number of furan rings is 1. The third-order valence-electron chi connectivity index (χ3n) is 10.4. The predicted octanol–water partition coefficient (Wildman–Crippen LogP) is 2.35. The fourth-order valence-corrected chi connectivity index (χ4v) is 9.02. The lowest BCUT2D eigenvalue weighted by atomic mass is 9.39. The molecule has 4 aliphatic rings. The summed E-state index contributed by atoms with van der Waals surface area (Å²) in [6.07, 6.45) is -2.36. The number of cyclic esters (lactones) is 1. The Labute approximate surface area is 248 Å². The molecule has 43 heavy (non-hydrogen) atoms. The molecule has 2 N–H and O–H groups in total. The predicted molar refractivity (Wildman–Crippen MR) is 144 cm³/mol. The molecule has 0 spiro atoms. The maximum Gasteiger partial charge on any atom is 0.347 e. The van der Waals surface area contributed by atoms with E-state index in [1.807, 2.05) is 6.92 Å². The van der Waals surface area contributed by atoms with Crippen LogP contribution in [0.4, 0.5) is 0 Å². The number of ketones is 1. The number of ether oxygens (including phenoxy) is 4. The highest BCUT2D eigenvalue weighted by molar-refractivity contribution is 5.98. The topological polar surface area (TPSA) is 176 Å². The quantitative estimate of drug-likeness (QED) is 0.286. The number of aliphatic hydroxyl groups is 2. The molecule has 12 nitrogen and oxygen atoms in total. The number of esters is 4. The van der Waals surface area contributed by atoms with Crippen LogP contribution < -0.4 is 0 Å². The Balaban J connectivity index is 1.81. The summed E-state index contributed by atoms with van der Waals surface area (Å²) in [5.41, 5.74) is -4.85. The van der Waals surface area contributed by atoms with Gasteiger partial charge in [-0.05, 0) is 30.4 Å². The first-order chi connectivity index (χ1) is 20.0. The minimum Gasteiger partial charge on any atom is -0.472 e. The first-order valence-electron chi connectivity index (χ1n) is 14.3. The van der Waals surface area contributed by atoms with Gasteiger partial charge in [0, 0.05) is 48.0 Å². The summed E-state index contributed by atoms with van der Waals surface area (Å²) in [5, 5.41) is 23.7. The average Bonchev–Trinajstić information content (AvgIpc) is 3.45. The molecule has 1 saturated heterocycles. The van der Waals surface area contributed by atoms with E-state index in [2.05, 4.69) is 0 Å². The van der Waals surface area contributed by atoms with E-state index < -0.39 is 87.8 Å². The van der Waals surface area contributed by atoms with Crippen LogP contribution in [0.2, 0.25) is 0 Å². The van der Waals surface area contributed by atoms with Gasteiger partial charge in [-0.3, -0.25) is 14.4 Å². The van der Waals surface area contributed by atoms with Crippen molar-refractivity contribution in [1.82, 2.24) is 0 Å². The molecule has 9 unspecified atom stereocenters. The number of rotatable bonds is 5. The van der Waals surface area contributed by atoms with Crippen molar-refractivity contribution in [1.29, 1.82) is 0 Å². The number of hydrogen-bond acceptors (Lipinski definition) is 12. The van der Waals surface area contributed by atoms with Gasteiger partial charge in [0.05, 0.1) is 19.6 Å². The molecular weight excluding hydrogens is 564 g/mol. The van der Waals surface area contributed by atoms with Gasteiger partial charge < -0.3 is 33.6 Å². The molecule has 1 aliphatic heterocycles. The van der Waals surface area contributed by atoms with Gasteiger partial charge >= 0.3 is 23.9 Å². The Bertz CT molecular complexity index is 1410. The van der Waals surface area contributed by atoms with Crippen molar-refractivity contribution < 1.29 is 57.6 Å². The molecule has 234 valence electrons. The third kappa shape index (κ3) is 4.20. The summed E-state index contributed by atoms with van der Waals surface area (Å²) in [4.78, 5) is 65.7. The van der Waals surface area contributed by atoms with E-state index in [9.17, 15) is 34.2 Å². The molecule has 12 heteroatoms. The van der Waals surface area contributed by atoms with Gasteiger partial charge in [0.1, 0.15) is 12.2 Å². The summed E-state index contributed by atoms with van der Waals surface area (Å²) >= 11 is 0. The molecule has 1 aromatic rings. The Morgan fingerprint density at radius 2 is 1.77 bits per heavy atom. The fraction of sp³-hybridized carbons (Fsp3) is 0.645. The van der Waals surface area contributed by atoms with E-state index in [0.29, 0.717) is 29.6 Å². The second-order valence-corrected chi connectivity index (χ2v) is 13.3. The van der Waals surface area contributed by atoms with Crippen LogP contribution in [0, 0.1) is 28.1 Å². The largest absolute Gasteiger partial charge is 0.472 e.